The largest absolute Gasteiger partial charge is 0.418 e. The van der Waals surface area contributed by atoms with E-state index >= 15 is 0 Å². The van der Waals surface area contributed by atoms with Gasteiger partial charge in [-0.2, -0.15) is 5.10 Å². The summed E-state index contributed by atoms with van der Waals surface area (Å²) in [5.74, 6) is 1.06. The maximum absolute atomic E-state index is 5.42. The molecule has 2 aromatic heterocycles. The lowest BCUT2D eigenvalue weighted by molar-refractivity contribution is 0.476. The van der Waals surface area contributed by atoms with E-state index in [4.69, 9.17) is 4.42 Å². The van der Waals surface area contributed by atoms with Crippen molar-refractivity contribution in [1.82, 2.24) is 25.7 Å². The molecular weight excluding hydrogens is 194 g/mol. The minimum absolute atomic E-state index is 0.473. The Morgan fingerprint density at radius 1 is 1.47 bits per heavy atom. The molecule has 0 aliphatic heterocycles. The lowest BCUT2D eigenvalue weighted by Crippen LogP contribution is -2.13. The SMILES string of the molecule is CCCNCc1nnc(-c2ccn[nH]2)o1. The number of rotatable bonds is 5. The molecule has 0 fully saturated rings. The predicted octanol–water partition coefficient (Wildman–Crippen LogP) is 0.959. The zero-order valence-electron chi connectivity index (χ0n) is 8.53. The third-order valence-corrected chi connectivity index (χ3v) is 1.90. The van der Waals surface area contributed by atoms with Gasteiger partial charge < -0.3 is 9.73 Å². The van der Waals surface area contributed by atoms with Crippen LogP contribution in [0.1, 0.15) is 19.2 Å². The number of hydrogen-bond acceptors (Lipinski definition) is 5. The summed E-state index contributed by atoms with van der Waals surface area (Å²) < 4.78 is 5.42. The number of H-pyrrole nitrogens is 1. The van der Waals surface area contributed by atoms with Crippen molar-refractivity contribution in [2.75, 3.05) is 6.54 Å². The van der Waals surface area contributed by atoms with Crippen LogP contribution in [0, 0.1) is 0 Å². The first kappa shape index (κ1) is 9.85. The number of hydrogen-bond donors (Lipinski definition) is 2. The van der Waals surface area contributed by atoms with Gasteiger partial charge in [-0.1, -0.05) is 6.92 Å². The van der Waals surface area contributed by atoms with Gasteiger partial charge in [0.2, 0.25) is 5.89 Å². The summed E-state index contributed by atoms with van der Waals surface area (Å²) in [5, 5.41) is 17.6. The fourth-order valence-corrected chi connectivity index (χ4v) is 1.18. The molecule has 0 saturated carbocycles. The molecule has 2 aromatic rings. The highest BCUT2D eigenvalue weighted by molar-refractivity contribution is 5.44. The minimum Gasteiger partial charge on any atom is -0.418 e. The lowest BCUT2D eigenvalue weighted by Gasteiger charge is -1.96. The molecule has 80 valence electrons. The Labute approximate surface area is 87.1 Å². The Morgan fingerprint density at radius 3 is 3.13 bits per heavy atom. The Balaban J connectivity index is 1.98. The van der Waals surface area contributed by atoms with E-state index in [2.05, 4.69) is 32.6 Å². The van der Waals surface area contributed by atoms with Crippen molar-refractivity contribution in [3.05, 3.63) is 18.2 Å². The van der Waals surface area contributed by atoms with Crippen molar-refractivity contribution < 1.29 is 4.42 Å². The van der Waals surface area contributed by atoms with Crippen LogP contribution in [0.2, 0.25) is 0 Å². The normalized spacial score (nSPS) is 10.7. The average molecular weight is 207 g/mol. The van der Waals surface area contributed by atoms with Crippen LogP contribution in [0.25, 0.3) is 11.6 Å². The minimum atomic E-state index is 0.473. The first-order chi connectivity index (χ1) is 7.40. The molecule has 15 heavy (non-hydrogen) atoms. The van der Waals surface area contributed by atoms with Crippen LogP contribution in [-0.2, 0) is 6.54 Å². The molecule has 2 rings (SSSR count). The highest BCUT2D eigenvalue weighted by Crippen LogP contribution is 2.13. The summed E-state index contributed by atoms with van der Waals surface area (Å²) in [6.07, 6.45) is 2.73. The van der Waals surface area contributed by atoms with E-state index < -0.39 is 0 Å². The van der Waals surface area contributed by atoms with Crippen molar-refractivity contribution in [3.63, 3.8) is 0 Å². The maximum atomic E-state index is 5.42. The van der Waals surface area contributed by atoms with Gasteiger partial charge in [0.05, 0.1) is 6.54 Å². The number of aromatic nitrogens is 4. The second kappa shape index (κ2) is 4.70. The van der Waals surface area contributed by atoms with E-state index in [0.29, 0.717) is 18.3 Å². The molecule has 0 radical (unpaired) electrons. The van der Waals surface area contributed by atoms with E-state index in [9.17, 15) is 0 Å². The van der Waals surface area contributed by atoms with Crippen LogP contribution in [0.5, 0.6) is 0 Å². The highest BCUT2D eigenvalue weighted by Gasteiger charge is 2.08. The first-order valence-corrected chi connectivity index (χ1v) is 4.93. The molecule has 0 atom stereocenters. The van der Waals surface area contributed by atoms with Gasteiger partial charge in [0.25, 0.3) is 5.89 Å². The fourth-order valence-electron chi connectivity index (χ4n) is 1.18. The highest BCUT2D eigenvalue weighted by atomic mass is 16.4. The van der Waals surface area contributed by atoms with Crippen molar-refractivity contribution >= 4 is 0 Å². The zero-order valence-corrected chi connectivity index (χ0v) is 8.53. The topological polar surface area (TPSA) is 79.6 Å². The summed E-state index contributed by atoms with van der Waals surface area (Å²) in [6, 6.07) is 1.79. The van der Waals surface area contributed by atoms with Gasteiger partial charge in [-0.15, -0.1) is 10.2 Å². The summed E-state index contributed by atoms with van der Waals surface area (Å²) in [6.45, 7) is 3.66. The molecule has 0 unspecified atom stereocenters. The van der Waals surface area contributed by atoms with E-state index in [1.54, 1.807) is 12.3 Å². The summed E-state index contributed by atoms with van der Waals surface area (Å²) in [7, 11) is 0. The third-order valence-electron chi connectivity index (χ3n) is 1.90. The lowest BCUT2D eigenvalue weighted by atomic mass is 10.4. The fraction of sp³-hybridized carbons (Fsp3) is 0.444. The molecule has 2 N–H and O–H groups in total. The molecule has 0 aliphatic rings. The number of aromatic amines is 1. The van der Waals surface area contributed by atoms with Crippen molar-refractivity contribution in [2.45, 2.75) is 19.9 Å². The molecule has 0 saturated heterocycles. The van der Waals surface area contributed by atoms with Crippen LogP contribution in [0.15, 0.2) is 16.7 Å². The Morgan fingerprint density at radius 2 is 2.40 bits per heavy atom. The molecule has 0 aliphatic carbocycles. The average Bonchev–Trinajstić information content (AvgIpc) is 2.87. The maximum Gasteiger partial charge on any atom is 0.265 e. The predicted molar refractivity (Wildman–Crippen MR) is 53.9 cm³/mol. The summed E-state index contributed by atoms with van der Waals surface area (Å²) in [4.78, 5) is 0. The standard InChI is InChI=1S/C9H13N5O/c1-2-4-10-6-8-13-14-9(15-8)7-3-5-11-12-7/h3,5,10H,2,4,6H2,1H3,(H,11,12). The second-order valence-electron chi connectivity index (χ2n) is 3.15. The number of nitrogens with one attached hydrogen (secondary N) is 2. The monoisotopic (exact) mass is 207 g/mol. The van der Waals surface area contributed by atoms with E-state index in [-0.39, 0.29) is 0 Å². The summed E-state index contributed by atoms with van der Waals surface area (Å²) in [5.41, 5.74) is 0.740. The van der Waals surface area contributed by atoms with Gasteiger partial charge in [0.1, 0.15) is 5.69 Å². The molecule has 2 heterocycles. The molecular formula is C9H13N5O. The third kappa shape index (κ3) is 2.41. The second-order valence-corrected chi connectivity index (χ2v) is 3.15. The summed E-state index contributed by atoms with van der Waals surface area (Å²) >= 11 is 0. The van der Waals surface area contributed by atoms with Crippen molar-refractivity contribution in [3.8, 4) is 11.6 Å². The van der Waals surface area contributed by atoms with E-state index in [0.717, 1.165) is 18.7 Å². The molecule has 0 aromatic carbocycles. The van der Waals surface area contributed by atoms with Crippen LogP contribution >= 0.6 is 0 Å². The van der Waals surface area contributed by atoms with Gasteiger partial charge in [-0.05, 0) is 19.0 Å². The van der Waals surface area contributed by atoms with Crippen LogP contribution in [-0.4, -0.2) is 26.9 Å². The Kier molecular flexibility index (Phi) is 3.08. The van der Waals surface area contributed by atoms with Gasteiger partial charge >= 0.3 is 0 Å². The molecule has 6 heteroatoms. The van der Waals surface area contributed by atoms with Crippen LogP contribution in [0.4, 0.5) is 0 Å². The smallest absolute Gasteiger partial charge is 0.265 e. The van der Waals surface area contributed by atoms with Crippen LogP contribution in [0.3, 0.4) is 0 Å². The zero-order chi connectivity index (χ0) is 10.5. The van der Waals surface area contributed by atoms with Crippen molar-refractivity contribution in [2.24, 2.45) is 0 Å². The molecule has 6 nitrogen and oxygen atoms in total. The van der Waals surface area contributed by atoms with Gasteiger partial charge in [-0.3, -0.25) is 5.10 Å². The van der Waals surface area contributed by atoms with Crippen molar-refractivity contribution in [1.29, 1.82) is 0 Å². The van der Waals surface area contributed by atoms with Gasteiger partial charge in [0, 0.05) is 6.20 Å². The Hall–Kier alpha value is -1.69. The Bertz CT molecular complexity index is 394. The van der Waals surface area contributed by atoms with Gasteiger partial charge in [-0.25, -0.2) is 0 Å². The quantitative estimate of drug-likeness (QED) is 0.714. The van der Waals surface area contributed by atoms with Crippen LogP contribution < -0.4 is 5.32 Å². The number of nitrogens with zero attached hydrogens (tertiary/aromatic N) is 3. The van der Waals surface area contributed by atoms with E-state index in [1.807, 2.05) is 0 Å². The molecule has 0 spiro atoms. The molecule has 0 bridgehead atoms. The molecule has 0 amide bonds. The van der Waals surface area contributed by atoms with Gasteiger partial charge in [0.15, 0.2) is 0 Å². The van der Waals surface area contributed by atoms with E-state index in [1.165, 1.54) is 0 Å². The first-order valence-electron chi connectivity index (χ1n) is 4.93.